The number of amides is 3. The first-order chi connectivity index (χ1) is 11.4. The number of hydrogen-bond acceptors (Lipinski definition) is 4. The summed E-state index contributed by atoms with van der Waals surface area (Å²) >= 11 is 5.90. The topological polar surface area (TPSA) is 83.6 Å². The van der Waals surface area contributed by atoms with Gasteiger partial charge in [-0.2, -0.15) is 0 Å². The van der Waals surface area contributed by atoms with Crippen LogP contribution in [0.4, 0.5) is 16.2 Å². The SMILES string of the molecule is COc1ccc(C(=O)N(C)C)cc1NC(=O)Nc1cccnc1Cl. The number of anilines is 2. The Bertz CT molecular complexity index is 765. The lowest BCUT2D eigenvalue weighted by Crippen LogP contribution is -2.23. The second-order valence-corrected chi connectivity index (χ2v) is 5.39. The van der Waals surface area contributed by atoms with Gasteiger partial charge in [0.05, 0.1) is 18.5 Å². The van der Waals surface area contributed by atoms with E-state index in [1.165, 1.54) is 18.2 Å². The second kappa shape index (κ2) is 7.65. The number of nitrogens with one attached hydrogen (secondary N) is 2. The molecule has 0 fully saturated rings. The molecule has 2 N–H and O–H groups in total. The molecule has 0 saturated heterocycles. The zero-order valence-corrected chi connectivity index (χ0v) is 14.2. The first kappa shape index (κ1) is 17.6. The molecule has 7 nitrogen and oxygen atoms in total. The Morgan fingerprint density at radius 3 is 2.50 bits per heavy atom. The van der Waals surface area contributed by atoms with Crippen molar-refractivity contribution in [3.8, 4) is 5.75 Å². The van der Waals surface area contributed by atoms with E-state index in [1.807, 2.05) is 0 Å². The quantitative estimate of drug-likeness (QED) is 0.832. The van der Waals surface area contributed by atoms with Crippen LogP contribution in [0, 0.1) is 0 Å². The lowest BCUT2D eigenvalue weighted by Gasteiger charge is -2.15. The van der Waals surface area contributed by atoms with E-state index in [0.717, 1.165) is 0 Å². The van der Waals surface area contributed by atoms with Crippen LogP contribution in [0.1, 0.15) is 10.4 Å². The van der Waals surface area contributed by atoms with Crippen molar-refractivity contribution in [2.24, 2.45) is 0 Å². The number of rotatable bonds is 4. The highest BCUT2D eigenvalue weighted by atomic mass is 35.5. The number of nitrogens with zero attached hydrogens (tertiary/aromatic N) is 2. The summed E-state index contributed by atoms with van der Waals surface area (Å²) in [6.45, 7) is 0. The van der Waals surface area contributed by atoms with Crippen molar-refractivity contribution in [3.05, 3.63) is 47.2 Å². The maximum Gasteiger partial charge on any atom is 0.323 e. The van der Waals surface area contributed by atoms with Crippen LogP contribution in [-0.2, 0) is 0 Å². The van der Waals surface area contributed by atoms with Gasteiger partial charge in [-0.1, -0.05) is 11.6 Å². The van der Waals surface area contributed by atoms with Crippen LogP contribution >= 0.6 is 11.6 Å². The molecule has 1 aromatic heterocycles. The van der Waals surface area contributed by atoms with Crippen molar-refractivity contribution >= 4 is 34.9 Å². The molecule has 8 heteroatoms. The van der Waals surface area contributed by atoms with Gasteiger partial charge in [-0.05, 0) is 30.3 Å². The maximum absolute atomic E-state index is 12.2. The molecule has 1 heterocycles. The van der Waals surface area contributed by atoms with Crippen LogP contribution < -0.4 is 15.4 Å². The maximum atomic E-state index is 12.2. The van der Waals surface area contributed by atoms with Gasteiger partial charge in [-0.3, -0.25) is 4.79 Å². The average Bonchev–Trinajstić information content (AvgIpc) is 2.56. The molecule has 1 aromatic carbocycles. The fourth-order valence-corrected chi connectivity index (χ4v) is 2.12. The van der Waals surface area contributed by atoms with E-state index in [4.69, 9.17) is 16.3 Å². The van der Waals surface area contributed by atoms with Gasteiger partial charge in [0.1, 0.15) is 5.75 Å². The van der Waals surface area contributed by atoms with Gasteiger partial charge in [0, 0.05) is 25.9 Å². The summed E-state index contributed by atoms with van der Waals surface area (Å²) in [5.41, 5.74) is 1.16. The van der Waals surface area contributed by atoms with E-state index in [0.29, 0.717) is 22.7 Å². The molecule has 0 unspecified atom stereocenters. The summed E-state index contributed by atoms with van der Waals surface area (Å²) in [6, 6.07) is 7.53. The Kier molecular flexibility index (Phi) is 5.59. The molecule has 126 valence electrons. The van der Waals surface area contributed by atoms with Gasteiger partial charge in [-0.15, -0.1) is 0 Å². The van der Waals surface area contributed by atoms with E-state index in [2.05, 4.69) is 15.6 Å². The van der Waals surface area contributed by atoms with Crippen molar-refractivity contribution in [3.63, 3.8) is 0 Å². The number of ether oxygens (including phenoxy) is 1. The molecule has 0 spiro atoms. The number of urea groups is 1. The van der Waals surface area contributed by atoms with Gasteiger partial charge in [-0.25, -0.2) is 9.78 Å². The van der Waals surface area contributed by atoms with E-state index in [-0.39, 0.29) is 11.1 Å². The monoisotopic (exact) mass is 348 g/mol. The third-order valence-corrected chi connectivity index (χ3v) is 3.41. The van der Waals surface area contributed by atoms with Gasteiger partial charge in [0.15, 0.2) is 5.15 Å². The molecule has 2 rings (SSSR count). The van der Waals surface area contributed by atoms with Crippen LogP contribution in [0.2, 0.25) is 5.15 Å². The summed E-state index contributed by atoms with van der Waals surface area (Å²) in [6.07, 6.45) is 1.52. The molecule has 0 bridgehead atoms. The third-order valence-electron chi connectivity index (χ3n) is 3.11. The molecule has 0 aliphatic rings. The molecule has 0 aliphatic carbocycles. The summed E-state index contributed by atoms with van der Waals surface area (Å²) in [7, 11) is 4.78. The van der Waals surface area contributed by atoms with E-state index in [1.54, 1.807) is 44.4 Å². The van der Waals surface area contributed by atoms with Crippen LogP contribution in [-0.4, -0.2) is 43.0 Å². The smallest absolute Gasteiger partial charge is 0.323 e. The van der Waals surface area contributed by atoms with Crippen molar-refractivity contribution in [2.45, 2.75) is 0 Å². The highest BCUT2D eigenvalue weighted by Crippen LogP contribution is 2.26. The highest BCUT2D eigenvalue weighted by Gasteiger charge is 2.14. The minimum absolute atomic E-state index is 0.177. The number of aromatic nitrogens is 1. The van der Waals surface area contributed by atoms with Crippen molar-refractivity contribution in [2.75, 3.05) is 31.8 Å². The number of methoxy groups -OCH3 is 1. The van der Waals surface area contributed by atoms with E-state index in [9.17, 15) is 9.59 Å². The number of benzene rings is 1. The lowest BCUT2D eigenvalue weighted by atomic mass is 10.1. The molecule has 0 aliphatic heterocycles. The zero-order valence-electron chi connectivity index (χ0n) is 13.5. The normalized spacial score (nSPS) is 10.0. The van der Waals surface area contributed by atoms with Crippen LogP contribution in [0.5, 0.6) is 5.75 Å². The molecule has 3 amide bonds. The number of pyridine rings is 1. The summed E-state index contributed by atoms with van der Waals surface area (Å²) < 4.78 is 5.21. The average molecular weight is 349 g/mol. The molecule has 0 saturated carbocycles. The van der Waals surface area contributed by atoms with Gasteiger partial charge in [0.2, 0.25) is 0 Å². The van der Waals surface area contributed by atoms with Crippen molar-refractivity contribution in [1.82, 2.24) is 9.88 Å². The third kappa shape index (κ3) is 4.14. The summed E-state index contributed by atoms with van der Waals surface area (Å²) in [5, 5.41) is 5.40. The van der Waals surface area contributed by atoms with E-state index >= 15 is 0 Å². The first-order valence-electron chi connectivity index (χ1n) is 7.00. The fraction of sp³-hybridized carbons (Fsp3) is 0.188. The lowest BCUT2D eigenvalue weighted by molar-refractivity contribution is 0.0827. The molecule has 2 aromatic rings. The summed E-state index contributed by atoms with van der Waals surface area (Å²) in [5.74, 6) is 0.245. The van der Waals surface area contributed by atoms with Gasteiger partial charge in [0.25, 0.3) is 5.91 Å². The van der Waals surface area contributed by atoms with Gasteiger partial charge < -0.3 is 20.3 Å². The Morgan fingerprint density at radius 2 is 1.88 bits per heavy atom. The Morgan fingerprint density at radius 1 is 1.17 bits per heavy atom. The largest absolute Gasteiger partial charge is 0.495 e. The fourth-order valence-electron chi connectivity index (χ4n) is 1.95. The molecular formula is C16H17ClN4O3. The van der Waals surface area contributed by atoms with E-state index < -0.39 is 6.03 Å². The minimum Gasteiger partial charge on any atom is -0.495 e. The number of carbonyl (C=O) groups excluding carboxylic acids is 2. The first-order valence-corrected chi connectivity index (χ1v) is 7.38. The molecule has 24 heavy (non-hydrogen) atoms. The highest BCUT2D eigenvalue weighted by molar-refractivity contribution is 6.32. The van der Waals surface area contributed by atoms with Crippen LogP contribution in [0.15, 0.2) is 36.5 Å². The Balaban J connectivity index is 2.21. The van der Waals surface area contributed by atoms with Crippen molar-refractivity contribution < 1.29 is 14.3 Å². The Labute approximate surface area is 144 Å². The molecular weight excluding hydrogens is 332 g/mol. The van der Waals surface area contributed by atoms with Gasteiger partial charge >= 0.3 is 6.03 Å². The number of carbonyl (C=O) groups is 2. The predicted octanol–water partition coefficient (Wildman–Crippen LogP) is 3.09. The van der Waals surface area contributed by atoms with Crippen molar-refractivity contribution in [1.29, 1.82) is 0 Å². The Hall–Kier alpha value is -2.80. The predicted molar refractivity (Wildman–Crippen MR) is 92.9 cm³/mol. The molecule has 0 atom stereocenters. The standard InChI is InChI=1S/C16H17ClN4O3/c1-21(2)15(22)10-6-7-13(24-3)12(9-10)20-16(23)19-11-5-4-8-18-14(11)17/h4-9H,1-3H3,(H2,19,20,23). The number of hydrogen-bond donors (Lipinski definition) is 2. The molecule has 0 radical (unpaired) electrons. The minimum atomic E-state index is -0.530. The second-order valence-electron chi connectivity index (χ2n) is 5.04. The number of halogens is 1. The van der Waals surface area contributed by atoms with Crippen LogP contribution in [0.25, 0.3) is 0 Å². The van der Waals surface area contributed by atoms with Crippen LogP contribution in [0.3, 0.4) is 0 Å². The zero-order chi connectivity index (χ0) is 17.7. The summed E-state index contributed by atoms with van der Waals surface area (Å²) in [4.78, 5) is 29.5.